The highest BCUT2D eigenvalue weighted by atomic mass is 16.5. The number of allylic oxidation sites excluding steroid dienone is 1. The number of aromatic nitrogens is 1. The molecule has 0 aliphatic rings. The molecular formula is C13H19NO2. The zero-order valence-electron chi connectivity index (χ0n) is 9.94. The predicted molar refractivity (Wildman–Crippen MR) is 64.4 cm³/mol. The van der Waals surface area contributed by atoms with Crippen LogP contribution in [0.25, 0.3) is 0 Å². The van der Waals surface area contributed by atoms with Crippen LogP contribution in [0.1, 0.15) is 32.3 Å². The summed E-state index contributed by atoms with van der Waals surface area (Å²) >= 11 is 0. The highest BCUT2D eigenvalue weighted by Gasteiger charge is 2.22. The van der Waals surface area contributed by atoms with E-state index in [0.29, 0.717) is 18.8 Å². The van der Waals surface area contributed by atoms with Crippen molar-refractivity contribution in [3.05, 3.63) is 36.7 Å². The van der Waals surface area contributed by atoms with Crippen LogP contribution in [0.5, 0.6) is 5.75 Å². The van der Waals surface area contributed by atoms with E-state index < -0.39 is 5.60 Å². The molecule has 0 saturated carbocycles. The Bertz CT molecular complexity index is 348. The monoisotopic (exact) mass is 221 g/mol. The van der Waals surface area contributed by atoms with Crippen LogP contribution in [0, 0.1) is 0 Å². The Morgan fingerprint density at radius 1 is 1.56 bits per heavy atom. The van der Waals surface area contributed by atoms with Crippen LogP contribution in [-0.4, -0.2) is 16.7 Å². The summed E-state index contributed by atoms with van der Waals surface area (Å²) in [7, 11) is 0. The van der Waals surface area contributed by atoms with Crippen LogP contribution in [0.3, 0.4) is 0 Å². The van der Waals surface area contributed by atoms with E-state index in [1.165, 1.54) is 0 Å². The van der Waals surface area contributed by atoms with E-state index in [4.69, 9.17) is 4.74 Å². The van der Waals surface area contributed by atoms with Crippen LogP contribution in [0.4, 0.5) is 0 Å². The summed E-state index contributed by atoms with van der Waals surface area (Å²) in [6, 6.07) is 1.83. The van der Waals surface area contributed by atoms with Crippen LogP contribution < -0.4 is 4.74 Å². The van der Waals surface area contributed by atoms with E-state index in [1.54, 1.807) is 25.4 Å². The molecule has 0 aliphatic carbocycles. The van der Waals surface area contributed by atoms with Gasteiger partial charge in [-0.15, -0.1) is 6.58 Å². The standard InChI is InChI=1S/C13H19NO2/c1-4-6-7-13(3,15)11-8-12(16-5-2)10-14-9-11/h4,8-10,15H,1,5-7H2,2-3H3. The maximum Gasteiger partial charge on any atom is 0.137 e. The zero-order valence-corrected chi connectivity index (χ0v) is 9.94. The molecule has 88 valence electrons. The van der Waals surface area contributed by atoms with Gasteiger partial charge in [-0.1, -0.05) is 6.08 Å². The minimum atomic E-state index is -0.881. The Labute approximate surface area is 96.8 Å². The Hall–Kier alpha value is -1.35. The molecular weight excluding hydrogens is 202 g/mol. The third-order valence-electron chi connectivity index (χ3n) is 2.48. The number of rotatable bonds is 6. The molecule has 0 saturated heterocycles. The maximum absolute atomic E-state index is 10.3. The van der Waals surface area contributed by atoms with Gasteiger partial charge >= 0.3 is 0 Å². The molecule has 3 nitrogen and oxygen atoms in total. The molecule has 0 amide bonds. The summed E-state index contributed by atoms with van der Waals surface area (Å²) in [5.41, 5.74) is -0.103. The van der Waals surface area contributed by atoms with E-state index in [2.05, 4.69) is 11.6 Å². The van der Waals surface area contributed by atoms with E-state index in [1.807, 2.05) is 13.0 Å². The highest BCUT2D eigenvalue weighted by molar-refractivity contribution is 5.27. The van der Waals surface area contributed by atoms with Crippen LogP contribution in [-0.2, 0) is 5.60 Å². The summed E-state index contributed by atoms with van der Waals surface area (Å²) in [4.78, 5) is 4.07. The quantitative estimate of drug-likeness (QED) is 0.751. The van der Waals surface area contributed by atoms with Crippen molar-refractivity contribution in [2.24, 2.45) is 0 Å². The van der Waals surface area contributed by atoms with Gasteiger partial charge in [-0.2, -0.15) is 0 Å². The third-order valence-corrected chi connectivity index (χ3v) is 2.48. The zero-order chi connectivity index (χ0) is 12.0. The average molecular weight is 221 g/mol. The molecule has 0 radical (unpaired) electrons. The second kappa shape index (κ2) is 5.66. The van der Waals surface area contributed by atoms with Crippen molar-refractivity contribution in [1.82, 2.24) is 4.98 Å². The Kier molecular flexibility index (Phi) is 4.50. The van der Waals surface area contributed by atoms with Gasteiger partial charge in [-0.3, -0.25) is 4.98 Å². The normalized spacial score (nSPS) is 14.2. The number of hydrogen-bond acceptors (Lipinski definition) is 3. The van der Waals surface area contributed by atoms with Crippen molar-refractivity contribution < 1.29 is 9.84 Å². The number of hydrogen-bond donors (Lipinski definition) is 1. The van der Waals surface area contributed by atoms with Crippen molar-refractivity contribution in [1.29, 1.82) is 0 Å². The van der Waals surface area contributed by atoms with Crippen LogP contribution in [0.2, 0.25) is 0 Å². The fourth-order valence-electron chi connectivity index (χ4n) is 1.49. The molecule has 3 heteroatoms. The first kappa shape index (κ1) is 12.7. The lowest BCUT2D eigenvalue weighted by atomic mass is 9.92. The van der Waals surface area contributed by atoms with E-state index in [0.717, 1.165) is 12.0 Å². The molecule has 1 N–H and O–H groups in total. The molecule has 1 rings (SSSR count). The first-order chi connectivity index (χ1) is 7.60. The molecule has 1 atom stereocenters. The predicted octanol–water partition coefficient (Wildman–Crippen LogP) is 2.65. The third kappa shape index (κ3) is 3.35. The summed E-state index contributed by atoms with van der Waals surface area (Å²) in [5, 5.41) is 10.3. The highest BCUT2D eigenvalue weighted by Crippen LogP contribution is 2.27. The van der Waals surface area contributed by atoms with E-state index in [-0.39, 0.29) is 0 Å². The molecule has 1 heterocycles. The van der Waals surface area contributed by atoms with Crippen molar-refractivity contribution in [2.75, 3.05) is 6.61 Å². The first-order valence-corrected chi connectivity index (χ1v) is 5.51. The fourth-order valence-corrected chi connectivity index (χ4v) is 1.49. The van der Waals surface area contributed by atoms with E-state index in [9.17, 15) is 5.11 Å². The summed E-state index contributed by atoms with van der Waals surface area (Å²) in [6.45, 7) is 7.95. The van der Waals surface area contributed by atoms with Gasteiger partial charge in [0.2, 0.25) is 0 Å². The Morgan fingerprint density at radius 2 is 2.31 bits per heavy atom. The number of ether oxygens (including phenoxy) is 1. The molecule has 1 aromatic heterocycles. The molecule has 0 spiro atoms. The Morgan fingerprint density at radius 3 is 2.94 bits per heavy atom. The molecule has 0 aromatic carbocycles. The lowest BCUT2D eigenvalue weighted by Crippen LogP contribution is -2.21. The lowest BCUT2D eigenvalue weighted by Gasteiger charge is -2.23. The van der Waals surface area contributed by atoms with Gasteiger partial charge in [0, 0.05) is 11.8 Å². The second-order valence-electron chi connectivity index (χ2n) is 3.94. The molecule has 1 aromatic rings. The Balaban J connectivity index is 2.84. The SMILES string of the molecule is C=CCCC(C)(O)c1cncc(OCC)c1. The van der Waals surface area contributed by atoms with Gasteiger partial charge in [-0.05, 0) is 32.8 Å². The number of pyridine rings is 1. The molecule has 1 unspecified atom stereocenters. The van der Waals surface area contributed by atoms with Crippen molar-refractivity contribution in [3.8, 4) is 5.75 Å². The van der Waals surface area contributed by atoms with Gasteiger partial charge in [0.15, 0.2) is 0 Å². The van der Waals surface area contributed by atoms with Gasteiger partial charge in [-0.25, -0.2) is 0 Å². The van der Waals surface area contributed by atoms with Crippen molar-refractivity contribution in [2.45, 2.75) is 32.3 Å². The minimum absolute atomic E-state index is 0.597. The van der Waals surface area contributed by atoms with Crippen molar-refractivity contribution >= 4 is 0 Å². The van der Waals surface area contributed by atoms with Gasteiger partial charge in [0.1, 0.15) is 5.75 Å². The van der Waals surface area contributed by atoms with Gasteiger partial charge < -0.3 is 9.84 Å². The summed E-state index contributed by atoms with van der Waals surface area (Å²) in [5.74, 6) is 0.693. The summed E-state index contributed by atoms with van der Waals surface area (Å²) < 4.78 is 5.35. The maximum atomic E-state index is 10.3. The number of nitrogens with zero attached hydrogens (tertiary/aromatic N) is 1. The van der Waals surface area contributed by atoms with E-state index >= 15 is 0 Å². The smallest absolute Gasteiger partial charge is 0.137 e. The van der Waals surface area contributed by atoms with Crippen LogP contribution in [0.15, 0.2) is 31.1 Å². The van der Waals surface area contributed by atoms with Gasteiger partial charge in [0.25, 0.3) is 0 Å². The van der Waals surface area contributed by atoms with Crippen molar-refractivity contribution in [3.63, 3.8) is 0 Å². The number of aliphatic hydroxyl groups is 1. The summed E-state index contributed by atoms with van der Waals surface area (Å²) in [6.07, 6.45) is 6.52. The topological polar surface area (TPSA) is 42.4 Å². The average Bonchev–Trinajstić information content (AvgIpc) is 2.27. The largest absolute Gasteiger partial charge is 0.492 e. The van der Waals surface area contributed by atoms with Crippen LogP contribution >= 0.6 is 0 Å². The van der Waals surface area contributed by atoms with Gasteiger partial charge in [0.05, 0.1) is 18.4 Å². The first-order valence-electron chi connectivity index (χ1n) is 5.51. The lowest BCUT2D eigenvalue weighted by molar-refractivity contribution is 0.0482. The fraction of sp³-hybridized carbons (Fsp3) is 0.462. The molecule has 16 heavy (non-hydrogen) atoms. The molecule has 0 fully saturated rings. The minimum Gasteiger partial charge on any atom is -0.492 e. The molecule has 0 aliphatic heterocycles. The molecule has 0 bridgehead atoms. The second-order valence-corrected chi connectivity index (χ2v) is 3.94.